The first-order valence-electron chi connectivity index (χ1n) is 10.3. The van der Waals surface area contributed by atoms with E-state index in [1.165, 1.54) is 33.4 Å². The molecule has 4 heteroatoms. The summed E-state index contributed by atoms with van der Waals surface area (Å²) in [6, 6.07) is 17.6. The molecule has 2 aromatic rings. The predicted molar refractivity (Wildman–Crippen MR) is 124 cm³/mol. The summed E-state index contributed by atoms with van der Waals surface area (Å²) in [6.45, 7) is 9.26. The molecule has 0 aromatic heterocycles. The molecular formula is C24H28Cl2SiZr. The van der Waals surface area contributed by atoms with E-state index in [-0.39, 0.29) is 7.25 Å². The molecule has 0 radical (unpaired) electrons. The molecule has 2 aliphatic rings. The van der Waals surface area contributed by atoms with Gasteiger partial charge in [-0.15, -0.1) is 0 Å². The van der Waals surface area contributed by atoms with Crippen molar-refractivity contribution in [2.75, 3.05) is 0 Å². The number of hydrogen-bond donors (Lipinski definition) is 0. The Bertz CT molecular complexity index is 1010. The predicted octanol–water partition coefficient (Wildman–Crippen LogP) is 8.33. The fourth-order valence-corrected chi connectivity index (χ4v) is 34.9. The molecular weight excluding hydrogens is 478 g/mol. The fraction of sp³-hybridized carbons (Fsp3) is 0.333. The number of hydrogen-bond acceptors (Lipinski definition) is 0. The van der Waals surface area contributed by atoms with Crippen molar-refractivity contribution in [1.29, 1.82) is 0 Å². The van der Waals surface area contributed by atoms with Crippen molar-refractivity contribution in [2.45, 2.75) is 47.0 Å². The SMILES string of the molecule is CCC1=Cc2ccccc2[CH]1[Zr]([Cl])([Cl])([CH]1C(CC)=Cc2ccccc21)=[Si](C)C. The van der Waals surface area contributed by atoms with Gasteiger partial charge in [-0.25, -0.2) is 0 Å². The maximum absolute atomic E-state index is 8.08. The van der Waals surface area contributed by atoms with Gasteiger partial charge in [-0.2, -0.15) is 0 Å². The van der Waals surface area contributed by atoms with Crippen molar-refractivity contribution in [3.63, 3.8) is 0 Å². The van der Waals surface area contributed by atoms with Gasteiger partial charge in [-0.3, -0.25) is 0 Å². The Balaban J connectivity index is 2.06. The van der Waals surface area contributed by atoms with Crippen molar-refractivity contribution in [1.82, 2.24) is 0 Å². The van der Waals surface area contributed by atoms with E-state index in [0.29, 0.717) is 0 Å². The van der Waals surface area contributed by atoms with Crippen molar-refractivity contribution in [3.05, 3.63) is 81.9 Å². The van der Waals surface area contributed by atoms with E-state index < -0.39 is 20.4 Å². The van der Waals surface area contributed by atoms with Crippen molar-refractivity contribution >= 4 is 34.6 Å². The van der Waals surface area contributed by atoms with Crippen LogP contribution >= 0.6 is 17.0 Å². The monoisotopic (exact) mass is 504 g/mol. The van der Waals surface area contributed by atoms with Crippen LogP contribution in [0.3, 0.4) is 0 Å². The van der Waals surface area contributed by atoms with Crippen LogP contribution in [0.2, 0.25) is 13.1 Å². The first-order chi connectivity index (χ1) is 13.3. The quantitative estimate of drug-likeness (QED) is 0.366. The minimum atomic E-state index is -4.41. The second-order valence-corrected chi connectivity index (χ2v) is 47.2. The molecule has 2 atom stereocenters. The Labute approximate surface area is 177 Å². The molecule has 0 aliphatic heterocycles. The van der Waals surface area contributed by atoms with Gasteiger partial charge in [0.05, 0.1) is 0 Å². The minimum absolute atomic E-state index is 0.223. The second-order valence-electron chi connectivity index (χ2n) is 8.42. The van der Waals surface area contributed by atoms with Gasteiger partial charge in [0.1, 0.15) is 0 Å². The zero-order valence-electron chi connectivity index (χ0n) is 17.1. The van der Waals surface area contributed by atoms with Crippen molar-refractivity contribution < 1.29 is 15.0 Å². The van der Waals surface area contributed by atoms with Gasteiger partial charge in [0.15, 0.2) is 0 Å². The summed E-state index contributed by atoms with van der Waals surface area (Å²) in [5.74, 6) is 0. The standard InChI is InChI=1S/2C11H11.C2H6Si.2ClH.Zr/c2*1-2-9-7-10-5-3-4-6-11(10)8-9;1-3-2;;;/h2*3-8H,2H2,1H3;1-2H3;2*1H;/q;;;;;+2/p-2. The normalized spacial score (nSPS) is 21.1. The third kappa shape index (κ3) is 2.86. The van der Waals surface area contributed by atoms with Gasteiger partial charge in [-0.1, -0.05) is 0 Å². The van der Waals surface area contributed by atoms with Crippen molar-refractivity contribution in [3.8, 4) is 0 Å². The van der Waals surface area contributed by atoms with Gasteiger partial charge in [0.25, 0.3) is 0 Å². The van der Waals surface area contributed by atoms with E-state index in [0.717, 1.165) is 12.8 Å². The number of fused-ring (bicyclic) bond motifs is 2. The van der Waals surface area contributed by atoms with Crippen LogP contribution in [0, 0.1) is 0 Å². The third-order valence-corrected chi connectivity index (χ3v) is 53.4. The number of rotatable bonds is 4. The number of halogens is 2. The summed E-state index contributed by atoms with van der Waals surface area (Å²) in [4.78, 5) is 0. The van der Waals surface area contributed by atoms with E-state index in [4.69, 9.17) is 17.0 Å². The summed E-state index contributed by atoms with van der Waals surface area (Å²) in [7, 11) is 16.2. The summed E-state index contributed by atoms with van der Waals surface area (Å²) < 4.78 is 0.446. The molecule has 0 saturated heterocycles. The van der Waals surface area contributed by atoms with Crippen LogP contribution in [-0.4, -0.2) is 5.43 Å². The molecule has 2 unspecified atom stereocenters. The molecule has 0 amide bonds. The molecule has 0 heterocycles. The Hall–Kier alpha value is -0.400. The van der Waals surface area contributed by atoms with E-state index in [1.807, 2.05) is 0 Å². The van der Waals surface area contributed by atoms with E-state index >= 15 is 0 Å². The Morgan fingerprint density at radius 2 is 1.14 bits per heavy atom. The van der Waals surface area contributed by atoms with Crippen LogP contribution in [0.1, 0.15) is 56.2 Å². The fourth-order valence-electron chi connectivity index (χ4n) is 5.38. The molecule has 0 N–H and O–H groups in total. The molecule has 0 saturated carbocycles. The summed E-state index contributed by atoms with van der Waals surface area (Å²) in [5, 5.41) is 0. The maximum atomic E-state index is 8.08. The average molecular weight is 507 g/mol. The van der Waals surface area contributed by atoms with Crippen LogP contribution in [0.25, 0.3) is 12.2 Å². The molecule has 2 aliphatic carbocycles. The molecule has 4 rings (SSSR count). The van der Waals surface area contributed by atoms with E-state index in [1.54, 1.807) is 0 Å². The van der Waals surface area contributed by atoms with Gasteiger partial charge in [0, 0.05) is 0 Å². The third-order valence-electron chi connectivity index (χ3n) is 6.87. The van der Waals surface area contributed by atoms with E-state index in [9.17, 15) is 0 Å². The summed E-state index contributed by atoms with van der Waals surface area (Å²) >= 11 is -4.41. The van der Waals surface area contributed by atoms with Crippen molar-refractivity contribution in [2.24, 2.45) is 0 Å². The van der Waals surface area contributed by atoms with Crippen LogP contribution in [-0.2, 0) is 15.0 Å². The molecule has 0 bridgehead atoms. The van der Waals surface area contributed by atoms with Crippen LogP contribution in [0.4, 0.5) is 0 Å². The molecule has 28 heavy (non-hydrogen) atoms. The zero-order chi connectivity index (χ0) is 20.1. The number of allylic oxidation sites excluding steroid dienone is 2. The van der Waals surface area contributed by atoms with Gasteiger partial charge >= 0.3 is 179 Å². The van der Waals surface area contributed by atoms with Crippen LogP contribution in [0.5, 0.6) is 0 Å². The molecule has 0 spiro atoms. The summed E-state index contributed by atoms with van der Waals surface area (Å²) in [6.07, 6.45) is 6.77. The number of benzene rings is 2. The molecule has 0 fully saturated rings. The molecule has 2 aromatic carbocycles. The van der Waals surface area contributed by atoms with E-state index in [2.05, 4.69) is 87.6 Å². The topological polar surface area (TPSA) is 0 Å². The van der Waals surface area contributed by atoms with Crippen LogP contribution < -0.4 is 0 Å². The van der Waals surface area contributed by atoms with Crippen LogP contribution in [0.15, 0.2) is 59.7 Å². The zero-order valence-corrected chi connectivity index (χ0v) is 22.1. The first-order valence-corrected chi connectivity index (χ1v) is 25.6. The Morgan fingerprint density at radius 1 is 0.750 bits per heavy atom. The Kier molecular flexibility index (Phi) is 5.50. The Morgan fingerprint density at radius 3 is 1.50 bits per heavy atom. The van der Waals surface area contributed by atoms with Gasteiger partial charge in [0.2, 0.25) is 0 Å². The molecule has 146 valence electrons. The molecule has 0 nitrogen and oxygen atoms in total. The van der Waals surface area contributed by atoms with Gasteiger partial charge < -0.3 is 0 Å². The second kappa shape index (κ2) is 7.38. The summed E-state index contributed by atoms with van der Waals surface area (Å²) in [5.41, 5.74) is 7.34. The first kappa shape index (κ1) is 20.9. The van der Waals surface area contributed by atoms with Gasteiger partial charge in [-0.05, 0) is 0 Å². The average Bonchev–Trinajstić information content (AvgIpc) is 3.26.